The first-order valence-corrected chi connectivity index (χ1v) is 14.7. The summed E-state index contributed by atoms with van der Waals surface area (Å²) in [7, 11) is -1.83. The molecule has 0 fully saturated rings. The molecule has 0 spiro atoms. The molecule has 0 bridgehead atoms. The van der Waals surface area contributed by atoms with Crippen LogP contribution in [0.25, 0.3) is 0 Å². The maximum atomic E-state index is 11.9. The van der Waals surface area contributed by atoms with Gasteiger partial charge in [0.2, 0.25) is 0 Å². The molecule has 2 unspecified atom stereocenters. The van der Waals surface area contributed by atoms with Crippen molar-refractivity contribution in [2.24, 2.45) is 0 Å². The lowest BCUT2D eigenvalue weighted by atomic mass is 10.0. The van der Waals surface area contributed by atoms with E-state index in [4.69, 9.17) is 14.0 Å². The van der Waals surface area contributed by atoms with Gasteiger partial charge in [0.15, 0.2) is 0 Å². The molecule has 7 nitrogen and oxygen atoms in total. The number of carbonyl (C=O) groups is 1. The second-order valence-corrected chi connectivity index (χ2v) is 10.7. The monoisotopic (exact) mass is 480 g/mol. The molecule has 0 aromatic carbocycles. The fourth-order valence-corrected chi connectivity index (χ4v) is 4.63. The highest BCUT2D eigenvalue weighted by atomic mass is 31.2. The molecule has 0 aliphatic carbocycles. The summed E-state index contributed by atoms with van der Waals surface area (Å²) in [6.45, 7) is 4.72. The van der Waals surface area contributed by atoms with E-state index in [9.17, 15) is 14.3 Å². The van der Waals surface area contributed by atoms with Gasteiger partial charge in [-0.2, -0.15) is 0 Å². The number of esters is 1. The van der Waals surface area contributed by atoms with Gasteiger partial charge in [-0.3, -0.25) is 9.36 Å². The van der Waals surface area contributed by atoms with Crippen molar-refractivity contribution in [2.75, 3.05) is 39.6 Å². The number of rotatable bonds is 24. The van der Waals surface area contributed by atoms with E-state index in [-0.39, 0.29) is 19.4 Å². The Bertz CT molecular complexity index is 477. The zero-order valence-electron chi connectivity index (χ0n) is 21.0. The number of hydrogen-bond donors (Lipinski definition) is 2. The molecular formula is C24H51NO6P+. The third-order valence-corrected chi connectivity index (χ3v) is 6.82. The highest BCUT2D eigenvalue weighted by Gasteiger charge is 2.23. The van der Waals surface area contributed by atoms with Crippen LogP contribution in [0.5, 0.6) is 0 Å². The first-order valence-electron chi connectivity index (χ1n) is 12.9. The predicted octanol–water partition coefficient (Wildman–Crippen LogP) is 4.81. The van der Waals surface area contributed by atoms with Crippen LogP contribution in [0.15, 0.2) is 0 Å². The summed E-state index contributed by atoms with van der Waals surface area (Å²) in [6.07, 6.45) is 17.7. The zero-order chi connectivity index (χ0) is 23.9. The summed E-state index contributed by atoms with van der Waals surface area (Å²) >= 11 is 0. The fraction of sp³-hybridized carbons (Fsp3) is 0.958. The van der Waals surface area contributed by atoms with Crippen LogP contribution in [0.3, 0.4) is 0 Å². The molecule has 0 aromatic heterocycles. The Hall–Kier alpha value is -0.460. The van der Waals surface area contributed by atoms with Gasteiger partial charge in [-0.25, -0.2) is 0 Å². The first-order chi connectivity index (χ1) is 15.4. The van der Waals surface area contributed by atoms with Crippen molar-refractivity contribution in [3.63, 3.8) is 0 Å². The molecule has 0 aliphatic rings. The van der Waals surface area contributed by atoms with Crippen LogP contribution in [0, 0.1) is 0 Å². The van der Waals surface area contributed by atoms with Crippen molar-refractivity contribution in [1.29, 1.82) is 0 Å². The van der Waals surface area contributed by atoms with Crippen molar-refractivity contribution in [2.45, 2.75) is 110 Å². The standard InChI is InChI=1S/C24H50NO6P/c1-4-5-6-7-8-9-10-11-12-13-14-15-16-17-19-29-21-24(31-23(2)26)22-30-32(27,28)20-18-25-3/h24-25H,4-22H2,1-3H3,(H,27,28)/p+1. The van der Waals surface area contributed by atoms with Gasteiger partial charge in [-0.1, -0.05) is 90.4 Å². The second-order valence-electron chi connectivity index (χ2n) is 8.76. The molecule has 0 amide bonds. The van der Waals surface area contributed by atoms with Crippen LogP contribution >= 0.6 is 7.60 Å². The van der Waals surface area contributed by atoms with E-state index in [2.05, 4.69) is 6.92 Å². The molecule has 32 heavy (non-hydrogen) atoms. The van der Waals surface area contributed by atoms with Crippen LogP contribution in [-0.2, 0) is 23.4 Å². The largest absolute Gasteiger partial charge is 0.458 e. The zero-order valence-corrected chi connectivity index (χ0v) is 21.9. The van der Waals surface area contributed by atoms with E-state index >= 15 is 0 Å². The van der Waals surface area contributed by atoms with Crippen LogP contribution in [-0.4, -0.2) is 56.5 Å². The first kappa shape index (κ1) is 31.5. The smallest absolute Gasteiger partial charge is 0.333 e. The van der Waals surface area contributed by atoms with Gasteiger partial charge in [0.25, 0.3) is 0 Å². The van der Waals surface area contributed by atoms with Gasteiger partial charge in [0.1, 0.15) is 6.10 Å². The van der Waals surface area contributed by atoms with Gasteiger partial charge in [0.05, 0.1) is 33.0 Å². The minimum absolute atomic E-state index is 0.0657. The minimum atomic E-state index is -3.66. The third-order valence-electron chi connectivity index (χ3n) is 5.44. The van der Waals surface area contributed by atoms with Crippen molar-refractivity contribution in [1.82, 2.24) is 0 Å². The van der Waals surface area contributed by atoms with E-state index < -0.39 is 19.7 Å². The summed E-state index contributed by atoms with van der Waals surface area (Å²) in [5, 5.41) is 1.81. The number of ether oxygens (including phenoxy) is 2. The molecule has 2 atom stereocenters. The third kappa shape index (κ3) is 22.7. The topological polar surface area (TPSA) is 98.7 Å². The highest BCUT2D eigenvalue weighted by molar-refractivity contribution is 7.52. The lowest BCUT2D eigenvalue weighted by Gasteiger charge is -2.19. The average molecular weight is 481 g/mol. The summed E-state index contributed by atoms with van der Waals surface area (Å²) < 4.78 is 27.8. The predicted molar refractivity (Wildman–Crippen MR) is 130 cm³/mol. The van der Waals surface area contributed by atoms with E-state index in [0.717, 1.165) is 12.8 Å². The fourth-order valence-electron chi connectivity index (χ4n) is 3.52. The molecule has 8 heteroatoms. The van der Waals surface area contributed by atoms with Gasteiger partial charge < -0.3 is 24.2 Å². The molecule has 0 saturated heterocycles. The molecule has 0 radical (unpaired) electrons. The molecule has 0 aromatic rings. The van der Waals surface area contributed by atoms with E-state index in [1.54, 1.807) is 0 Å². The maximum Gasteiger partial charge on any atom is 0.333 e. The van der Waals surface area contributed by atoms with Crippen LogP contribution in [0.4, 0.5) is 0 Å². The van der Waals surface area contributed by atoms with Crippen molar-refractivity contribution in [3.05, 3.63) is 0 Å². The highest BCUT2D eigenvalue weighted by Crippen LogP contribution is 2.40. The van der Waals surface area contributed by atoms with Crippen molar-refractivity contribution >= 4 is 13.6 Å². The van der Waals surface area contributed by atoms with Crippen LogP contribution in [0.1, 0.15) is 104 Å². The summed E-state index contributed by atoms with van der Waals surface area (Å²) in [5.74, 6) is -0.451. The van der Waals surface area contributed by atoms with Crippen molar-refractivity contribution in [3.8, 4) is 0 Å². The van der Waals surface area contributed by atoms with Gasteiger partial charge in [0, 0.05) is 13.5 Å². The summed E-state index contributed by atoms with van der Waals surface area (Å²) in [6, 6.07) is 0. The molecule has 0 rings (SSSR count). The molecule has 0 aliphatic heterocycles. The lowest BCUT2D eigenvalue weighted by molar-refractivity contribution is -0.622. The number of nitrogens with two attached hydrogens (primary N) is 1. The minimum Gasteiger partial charge on any atom is -0.458 e. The maximum absolute atomic E-state index is 11.9. The number of unbranched alkanes of at least 4 members (excludes halogenated alkanes) is 13. The second kappa shape index (κ2) is 22.3. The number of carbonyl (C=O) groups excluding carboxylic acids is 1. The molecule has 3 N–H and O–H groups in total. The van der Waals surface area contributed by atoms with Crippen LogP contribution < -0.4 is 5.32 Å². The van der Waals surface area contributed by atoms with Crippen molar-refractivity contribution < 1.29 is 33.6 Å². The molecule has 0 saturated carbocycles. The Balaban J connectivity index is 3.63. The lowest BCUT2D eigenvalue weighted by Crippen LogP contribution is -2.80. The average Bonchev–Trinajstić information content (AvgIpc) is 2.75. The number of quaternary nitrogens is 1. The Labute approximate surface area is 196 Å². The molecule has 0 heterocycles. The van der Waals surface area contributed by atoms with Crippen LogP contribution in [0.2, 0.25) is 0 Å². The SMILES string of the molecule is CCCCCCCCCCCCCCCCOCC(COP(=O)(O)CC[NH2+]C)OC(C)=O. The Kier molecular flexibility index (Phi) is 22.0. The Morgan fingerprint density at radius 2 is 1.38 bits per heavy atom. The van der Waals surface area contributed by atoms with E-state index in [0.29, 0.717) is 13.2 Å². The summed E-state index contributed by atoms with van der Waals surface area (Å²) in [4.78, 5) is 21.0. The van der Waals surface area contributed by atoms with Gasteiger partial charge in [-0.15, -0.1) is 0 Å². The Morgan fingerprint density at radius 1 is 0.875 bits per heavy atom. The quantitative estimate of drug-likeness (QED) is 0.117. The number of hydrogen-bond acceptors (Lipinski definition) is 5. The summed E-state index contributed by atoms with van der Waals surface area (Å²) in [5.41, 5.74) is 0. The molecule has 192 valence electrons. The van der Waals surface area contributed by atoms with Gasteiger partial charge >= 0.3 is 13.6 Å². The van der Waals surface area contributed by atoms with E-state index in [1.807, 2.05) is 12.4 Å². The van der Waals surface area contributed by atoms with E-state index in [1.165, 1.54) is 84.0 Å². The van der Waals surface area contributed by atoms with Gasteiger partial charge in [-0.05, 0) is 6.42 Å². The molecular weight excluding hydrogens is 429 g/mol. The normalized spacial score (nSPS) is 14.2. The Morgan fingerprint density at radius 3 is 1.84 bits per heavy atom.